The van der Waals surface area contributed by atoms with Gasteiger partial charge in [-0.25, -0.2) is 4.79 Å². The second-order valence-electron chi connectivity index (χ2n) is 10.1. The maximum Gasteiger partial charge on any atom is 0.322 e. The van der Waals surface area contributed by atoms with Crippen molar-refractivity contribution in [3.8, 4) is 11.8 Å². The van der Waals surface area contributed by atoms with Crippen LogP contribution in [0.25, 0.3) is 0 Å². The highest BCUT2D eigenvalue weighted by Crippen LogP contribution is 2.48. The van der Waals surface area contributed by atoms with Gasteiger partial charge in [-0.05, 0) is 80.2 Å². The van der Waals surface area contributed by atoms with Gasteiger partial charge in [0.25, 0.3) is 0 Å². The van der Waals surface area contributed by atoms with Gasteiger partial charge in [-0.3, -0.25) is 9.80 Å². The summed E-state index contributed by atoms with van der Waals surface area (Å²) < 4.78 is 5.56. The monoisotopic (exact) mass is 458 g/mol. The minimum absolute atomic E-state index is 0.0328. The predicted octanol–water partition coefficient (Wildman–Crippen LogP) is 4.96. The molecule has 3 aliphatic rings. The Hall–Kier alpha value is -3.04. The summed E-state index contributed by atoms with van der Waals surface area (Å²) in [5.41, 5.74) is 4.19. The highest BCUT2D eigenvalue weighted by atomic mass is 16.5. The van der Waals surface area contributed by atoms with Gasteiger partial charge in [0.05, 0.1) is 18.7 Å². The van der Waals surface area contributed by atoms with Gasteiger partial charge in [0.1, 0.15) is 5.75 Å². The van der Waals surface area contributed by atoms with Crippen molar-refractivity contribution in [2.75, 3.05) is 31.6 Å². The van der Waals surface area contributed by atoms with Crippen molar-refractivity contribution in [1.82, 2.24) is 10.2 Å². The summed E-state index contributed by atoms with van der Waals surface area (Å²) in [5.74, 6) is 0.854. The average molecular weight is 459 g/mol. The Morgan fingerprint density at radius 2 is 1.85 bits per heavy atom. The molecule has 1 spiro atoms. The highest BCUT2D eigenvalue weighted by Gasteiger charge is 2.46. The number of amides is 2. The van der Waals surface area contributed by atoms with E-state index in [2.05, 4.69) is 40.6 Å². The van der Waals surface area contributed by atoms with Crippen molar-refractivity contribution in [1.29, 1.82) is 5.26 Å². The fourth-order valence-electron chi connectivity index (χ4n) is 5.97. The van der Waals surface area contributed by atoms with Crippen LogP contribution < -0.4 is 15.0 Å². The number of urea groups is 1. The maximum absolute atomic E-state index is 13.4. The summed E-state index contributed by atoms with van der Waals surface area (Å²) in [6, 6.07) is 16.6. The Balaban J connectivity index is 1.31. The Morgan fingerprint density at radius 1 is 1.12 bits per heavy atom. The first-order chi connectivity index (χ1) is 16.6. The molecule has 1 saturated heterocycles. The summed E-state index contributed by atoms with van der Waals surface area (Å²) in [5, 5.41) is 12.4. The van der Waals surface area contributed by atoms with Gasteiger partial charge in [0.15, 0.2) is 0 Å². The number of anilines is 1. The third-order valence-electron chi connectivity index (χ3n) is 8.01. The van der Waals surface area contributed by atoms with Gasteiger partial charge in [0, 0.05) is 30.2 Å². The number of fused-ring (bicyclic) bond motifs is 2. The van der Waals surface area contributed by atoms with Crippen molar-refractivity contribution in [3.05, 3.63) is 59.2 Å². The minimum Gasteiger partial charge on any atom is -0.497 e. The molecule has 2 amide bonds. The van der Waals surface area contributed by atoms with Crippen LogP contribution in [-0.2, 0) is 12.0 Å². The third kappa shape index (κ3) is 4.50. The first-order valence-electron chi connectivity index (χ1n) is 12.6. The first kappa shape index (κ1) is 22.7. The zero-order valence-electron chi connectivity index (χ0n) is 20.1. The maximum atomic E-state index is 13.4. The van der Waals surface area contributed by atoms with E-state index >= 15 is 0 Å². The molecule has 2 aromatic carbocycles. The molecule has 5 rings (SSSR count). The molecule has 1 aliphatic carbocycles. The highest BCUT2D eigenvalue weighted by molar-refractivity contribution is 5.95. The van der Waals surface area contributed by atoms with Crippen molar-refractivity contribution >= 4 is 11.7 Å². The number of hydrogen-bond donors (Lipinski definition) is 1. The van der Waals surface area contributed by atoms with Crippen molar-refractivity contribution < 1.29 is 9.53 Å². The minimum atomic E-state index is -0.0328. The average Bonchev–Trinajstić information content (AvgIpc) is 3.20. The third-order valence-corrected chi connectivity index (χ3v) is 8.01. The van der Waals surface area contributed by atoms with E-state index in [4.69, 9.17) is 10.00 Å². The molecule has 1 N–H and O–H groups in total. The zero-order valence-corrected chi connectivity index (χ0v) is 20.1. The van der Waals surface area contributed by atoms with Crippen LogP contribution in [0.15, 0.2) is 42.5 Å². The number of piperidine rings is 1. The summed E-state index contributed by atoms with van der Waals surface area (Å²) in [7, 11) is 1.71. The quantitative estimate of drug-likeness (QED) is 0.703. The van der Waals surface area contributed by atoms with Gasteiger partial charge in [0.2, 0.25) is 0 Å². The number of nitriles is 1. The lowest BCUT2D eigenvalue weighted by atomic mass is 9.74. The molecule has 34 heavy (non-hydrogen) atoms. The molecule has 6 heteroatoms. The summed E-state index contributed by atoms with van der Waals surface area (Å²) in [6.07, 6.45) is 7.89. The van der Waals surface area contributed by atoms with Crippen LogP contribution in [0.5, 0.6) is 5.75 Å². The van der Waals surface area contributed by atoms with Gasteiger partial charge in [-0.1, -0.05) is 31.4 Å². The van der Waals surface area contributed by atoms with E-state index in [0.717, 1.165) is 63.3 Å². The van der Waals surface area contributed by atoms with Crippen LogP contribution >= 0.6 is 0 Å². The Kier molecular flexibility index (Phi) is 6.47. The van der Waals surface area contributed by atoms with Crippen molar-refractivity contribution in [2.45, 2.75) is 62.9 Å². The van der Waals surface area contributed by atoms with Gasteiger partial charge in [-0.15, -0.1) is 0 Å². The SMILES string of the molecule is COc1ccc2c(c1)C1(CCN(Cc3ccc(C#N)cc3)CC1)CN2C(=O)NC1CCCCC1. The van der Waals surface area contributed by atoms with Crippen LogP contribution in [0.1, 0.15) is 61.6 Å². The molecule has 0 aromatic heterocycles. The number of carbonyl (C=O) groups is 1. The molecule has 2 aliphatic heterocycles. The summed E-state index contributed by atoms with van der Waals surface area (Å²) >= 11 is 0. The molecule has 0 radical (unpaired) electrons. The molecule has 2 heterocycles. The van der Waals surface area contributed by atoms with E-state index in [1.807, 2.05) is 23.1 Å². The standard InChI is InChI=1S/C28H34N4O2/c1-34-24-11-12-26-25(17-24)28(20-32(26)27(33)30-23-5-3-2-4-6-23)13-15-31(16-14-28)19-22-9-7-21(18-29)8-10-22/h7-12,17,23H,2-6,13-16,19-20H2,1H3,(H,30,33). The van der Waals surface area contributed by atoms with Crippen LogP contribution in [0.4, 0.5) is 10.5 Å². The van der Waals surface area contributed by atoms with Crippen molar-refractivity contribution in [3.63, 3.8) is 0 Å². The van der Waals surface area contributed by atoms with Crippen LogP contribution in [0.2, 0.25) is 0 Å². The second kappa shape index (κ2) is 9.68. The number of methoxy groups -OCH3 is 1. The molecule has 178 valence electrons. The summed E-state index contributed by atoms with van der Waals surface area (Å²) in [6.45, 7) is 3.58. The first-order valence-corrected chi connectivity index (χ1v) is 12.6. The van der Waals surface area contributed by atoms with Crippen molar-refractivity contribution in [2.24, 2.45) is 0 Å². The second-order valence-corrected chi connectivity index (χ2v) is 10.1. The fourth-order valence-corrected chi connectivity index (χ4v) is 5.97. The smallest absolute Gasteiger partial charge is 0.322 e. The van der Waals surface area contributed by atoms with E-state index in [9.17, 15) is 4.79 Å². The Bertz CT molecular complexity index is 1060. The topological polar surface area (TPSA) is 68.6 Å². The lowest BCUT2D eigenvalue weighted by Crippen LogP contribution is -2.49. The van der Waals surface area contributed by atoms with Crippen LogP contribution in [0.3, 0.4) is 0 Å². The number of likely N-dealkylation sites (tertiary alicyclic amines) is 1. The molecule has 0 bridgehead atoms. The number of benzene rings is 2. The number of nitrogens with zero attached hydrogens (tertiary/aromatic N) is 3. The number of hydrogen-bond acceptors (Lipinski definition) is 4. The molecule has 0 unspecified atom stereocenters. The van der Waals surface area contributed by atoms with Gasteiger partial charge < -0.3 is 10.1 Å². The molecule has 0 atom stereocenters. The van der Waals surface area contributed by atoms with Gasteiger partial charge in [-0.2, -0.15) is 5.26 Å². The van der Waals surface area contributed by atoms with Crippen LogP contribution in [0, 0.1) is 11.3 Å². The van der Waals surface area contributed by atoms with Crippen LogP contribution in [-0.4, -0.2) is 43.7 Å². The fraction of sp³-hybridized carbons (Fsp3) is 0.500. The summed E-state index contributed by atoms with van der Waals surface area (Å²) in [4.78, 5) is 17.8. The molecule has 1 saturated carbocycles. The molecule has 2 aromatic rings. The lowest BCUT2D eigenvalue weighted by molar-refractivity contribution is 0.159. The number of ether oxygens (including phenoxy) is 1. The Labute approximate surface area is 202 Å². The van der Waals surface area contributed by atoms with Gasteiger partial charge >= 0.3 is 6.03 Å². The normalized spacial score (nSPS) is 20.1. The van der Waals surface area contributed by atoms with E-state index in [-0.39, 0.29) is 11.4 Å². The zero-order chi connectivity index (χ0) is 23.5. The van der Waals surface area contributed by atoms with E-state index in [0.29, 0.717) is 11.6 Å². The van der Waals surface area contributed by atoms with E-state index in [1.54, 1.807) is 7.11 Å². The molecular formula is C28H34N4O2. The molecular weight excluding hydrogens is 424 g/mol. The predicted molar refractivity (Wildman–Crippen MR) is 133 cm³/mol. The number of nitrogens with one attached hydrogen (secondary N) is 1. The van der Waals surface area contributed by atoms with E-state index < -0.39 is 0 Å². The largest absolute Gasteiger partial charge is 0.497 e. The number of carbonyl (C=O) groups excluding carboxylic acids is 1. The number of rotatable bonds is 4. The Morgan fingerprint density at radius 3 is 2.53 bits per heavy atom. The molecule has 6 nitrogen and oxygen atoms in total. The molecule has 2 fully saturated rings. The lowest BCUT2D eigenvalue weighted by Gasteiger charge is -2.40. The van der Waals surface area contributed by atoms with E-state index in [1.165, 1.54) is 30.4 Å².